The predicted octanol–water partition coefficient (Wildman–Crippen LogP) is 3.29. The van der Waals surface area contributed by atoms with E-state index in [9.17, 15) is 4.79 Å². The second-order valence-corrected chi connectivity index (χ2v) is 4.52. The summed E-state index contributed by atoms with van der Waals surface area (Å²) in [4.78, 5) is 10.8. The fraction of sp³-hybridized carbons (Fsp3) is 0.133. The molecule has 1 aromatic carbocycles. The molecule has 19 heavy (non-hydrogen) atoms. The maximum atomic E-state index is 10.8. The van der Waals surface area contributed by atoms with Gasteiger partial charge in [-0.1, -0.05) is 12.1 Å². The van der Waals surface area contributed by atoms with E-state index in [2.05, 4.69) is 19.1 Å². The minimum absolute atomic E-state index is 0.0253. The first-order chi connectivity index (χ1) is 9.15. The summed E-state index contributed by atoms with van der Waals surface area (Å²) in [5.41, 5.74) is 2.34. The van der Waals surface area contributed by atoms with Crippen LogP contribution in [0, 0.1) is 6.92 Å². The Morgan fingerprint density at radius 3 is 2.84 bits per heavy atom. The van der Waals surface area contributed by atoms with E-state index in [0.717, 1.165) is 5.52 Å². The van der Waals surface area contributed by atoms with E-state index in [1.54, 1.807) is 6.07 Å². The molecule has 0 spiro atoms. The number of furan rings is 1. The average Bonchev–Trinajstić information content (AvgIpc) is 2.98. The Kier molecular flexibility index (Phi) is 2.63. The van der Waals surface area contributed by atoms with Crippen LogP contribution in [0.15, 0.2) is 47.0 Å². The van der Waals surface area contributed by atoms with Gasteiger partial charge in [0.2, 0.25) is 5.76 Å². The number of benzene rings is 1. The van der Waals surface area contributed by atoms with Gasteiger partial charge in [-0.2, -0.15) is 0 Å². The smallest absolute Gasteiger partial charge is 0.371 e. The van der Waals surface area contributed by atoms with Crippen molar-refractivity contribution in [2.45, 2.75) is 13.5 Å². The van der Waals surface area contributed by atoms with E-state index in [1.807, 2.05) is 22.9 Å². The molecule has 0 aliphatic heterocycles. The molecule has 96 valence electrons. The first-order valence-corrected chi connectivity index (χ1v) is 6.01. The minimum Gasteiger partial charge on any atom is -0.475 e. The van der Waals surface area contributed by atoms with E-state index in [0.29, 0.717) is 12.3 Å². The highest BCUT2D eigenvalue weighted by atomic mass is 16.4. The number of hydrogen-bond acceptors (Lipinski definition) is 2. The molecule has 0 aliphatic carbocycles. The number of carboxylic acids is 1. The summed E-state index contributed by atoms with van der Waals surface area (Å²) in [6.07, 6.45) is 1.99. The van der Waals surface area contributed by atoms with Crippen LogP contribution in [0.25, 0.3) is 10.9 Å². The van der Waals surface area contributed by atoms with Crippen LogP contribution >= 0.6 is 0 Å². The monoisotopic (exact) mass is 255 g/mol. The van der Waals surface area contributed by atoms with Crippen molar-refractivity contribution >= 4 is 16.9 Å². The lowest BCUT2D eigenvalue weighted by atomic mass is 10.1. The Morgan fingerprint density at radius 2 is 2.11 bits per heavy atom. The molecule has 4 nitrogen and oxygen atoms in total. The molecule has 4 heteroatoms. The van der Waals surface area contributed by atoms with Crippen molar-refractivity contribution in [1.82, 2.24) is 4.57 Å². The van der Waals surface area contributed by atoms with Gasteiger partial charge in [0, 0.05) is 17.1 Å². The molecule has 0 aliphatic rings. The molecule has 3 aromatic rings. The Bertz CT molecular complexity index is 752. The standard InChI is InChI=1S/C15H13NO3/c1-10-3-2-4-13-12(10)7-8-16(13)9-11-5-6-14(19-11)15(17)18/h2-8H,9H2,1H3,(H,17,18). The Balaban J connectivity index is 1.96. The van der Waals surface area contributed by atoms with Crippen molar-refractivity contribution in [3.8, 4) is 0 Å². The molecule has 2 heterocycles. The van der Waals surface area contributed by atoms with Gasteiger partial charge in [0.25, 0.3) is 0 Å². The van der Waals surface area contributed by atoms with Crippen LogP contribution in [-0.2, 0) is 6.54 Å². The quantitative estimate of drug-likeness (QED) is 0.781. The minimum atomic E-state index is -1.04. The first-order valence-electron chi connectivity index (χ1n) is 6.01. The fourth-order valence-electron chi connectivity index (χ4n) is 2.26. The van der Waals surface area contributed by atoms with Gasteiger partial charge in [0.05, 0.1) is 6.54 Å². The van der Waals surface area contributed by atoms with Gasteiger partial charge >= 0.3 is 5.97 Å². The first kappa shape index (κ1) is 11.6. The molecule has 3 rings (SSSR count). The summed E-state index contributed by atoms with van der Waals surface area (Å²) in [7, 11) is 0. The van der Waals surface area contributed by atoms with Crippen molar-refractivity contribution in [1.29, 1.82) is 0 Å². The largest absolute Gasteiger partial charge is 0.475 e. The van der Waals surface area contributed by atoms with Gasteiger partial charge < -0.3 is 14.1 Å². The molecule has 0 bridgehead atoms. The van der Waals surface area contributed by atoms with Crippen LogP contribution in [0.1, 0.15) is 21.9 Å². The number of carbonyl (C=O) groups is 1. The highest BCUT2D eigenvalue weighted by Gasteiger charge is 2.10. The number of nitrogens with zero attached hydrogens (tertiary/aromatic N) is 1. The lowest BCUT2D eigenvalue weighted by molar-refractivity contribution is 0.0660. The molecule has 0 atom stereocenters. The van der Waals surface area contributed by atoms with E-state index in [1.165, 1.54) is 17.0 Å². The molecular weight excluding hydrogens is 242 g/mol. The van der Waals surface area contributed by atoms with Crippen molar-refractivity contribution < 1.29 is 14.3 Å². The van der Waals surface area contributed by atoms with E-state index in [-0.39, 0.29) is 5.76 Å². The van der Waals surface area contributed by atoms with Crippen LogP contribution in [-0.4, -0.2) is 15.6 Å². The number of aromatic carboxylic acids is 1. The van der Waals surface area contributed by atoms with Crippen LogP contribution < -0.4 is 0 Å². The number of fused-ring (bicyclic) bond motifs is 1. The lowest BCUT2D eigenvalue weighted by Crippen LogP contribution is -1.97. The SMILES string of the molecule is Cc1cccc2c1ccn2Cc1ccc(C(=O)O)o1. The van der Waals surface area contributed by atoms with E-state index < -0.39 is 5.97 Å². The van der Waals surface area contributed by atoms with Crippen LogP contribution in [0.4, 0.5) is 0 Å². The summed E-state index contributed by atoms with van der Waals surface area (Å²) < 4.78 is 7.33. The van der Waals surface area contributed by atoms with Crippen LogP contribution in [0.3, 0.4) is 0 Å². The summed E-state index contributed by atoms with van der Waals surface area (Å²) in [6, 6.07) is 11.4. The molecule has 0 saturated carbocycles. The number of carboxylic acid groups (broad SMARTS) is 1. The number of rotatable bonds is 3. The number of aromatic nitrogens is 1. The zero-order valence-electron chi connectivity index (χ0n) is 10.5. The number of aryl methyl sites for hydroxylation is 1. The highest BCUT2D eigenvalue weighted by Crippen LogP contribution is 2.21. The predicted molar refractivity (Wildman–Crippen MR) is 71.4 cm³/mol. The number of hydrogen-bond donors (Lipinski definition) is 1. The van der Waals surface area contributed by atoms with Gasteiger partial charge in [-0.25, -0.2) is 4.79 Å². The van der Waals surface area contributed by atoms with Gasteiger partial charge in [-0.05, 0) is 36.8 Å². The second-order valence-electron chi connectivity index (χ2n) is 4.52. The fourth-order valence-corrected chi connectivity index (χ4v) is 2.26. The molecular formula is C15H13NO3. The lowest BCUT2D eigenvalue weighted by Gasteiger charge is -2.03. The summed E-state index contributed by atoms with van der Waals surface area (Å²) in [5, 5.41) is 10.0. The second kappa shape index (κ2) is 4.31. The Labute approximate surface area is 109 Å². The van der Waals surface area contributed by atoms with Gasteiger partial charge in [0.1, 0.15) is 5.76 Å². The summed E-state index contributed by atoms with van der Waals surface area (Å²) in [6.45, 7) is 2.60. The third-order valence-corrected chi connectivity index (χ3v) is 3.23. The van der Waals surface area contributed by atoms with Crippen molar-refractivity contribution in [2.24, 2.45) is 0 Å². The van der Waals surface area contributed by atoms with Crippen LogP contribution in [0.5, 0.6) is 0 Å². The molecule has 0 fully saturated rings. The van der Waals surface area contributed by atoms with Crippen LogP contribution in [0.2, 0.25) is 0 Å². The molecule has 0 amide bonds. The highest BCUT2D eigenvalue weighted by molar-refractivity contribution is 5.84. The molecule has 2 aromatic heterocycles. The third kappa shape index (κ3) is 2.01. The maximum Gasteiger partial charge on any atom is 0.371 e. The van der Waals surface area contributed by atoms with Crippen molar-refractivity contribution in [3.63, 3.8) is 0 Å². The molecule has 0 unspecified atom stereocenters. The van der Waals surface area contributed by atoms with Gasteiger partial charge in [-0.15, -0.1) is 0 Å². The molecule has 0 saturated heterocycles. The molecule has 1 N–H and O–H groups in total. The van der Waals surface area contributed by atoms with Gasteiger partial charge in [0.15, 0.2) is 0 Å². The topological polar surface area (TPSA) is 55.4 Å². The zero-order valence-corrected chi connectivity index (χ0v) is 10.5. The summed E-state index contributed by atoms with van der Waals surface area (Å²) >= 11 is 0. The van der Waals surface area contributed by atoms with Crippen molar-refractivity contribution in [2.75, 3.05) is 0 Å². The summed E-state index contributed by atoms with van der Waals surface area (Å²) in [5.74, 6) is -0.432. The molecule has 0 radical (unpaired) electrons. The van der Waals surface area contributed by atoms with Crippen molar-refractivity contribution in [3.05, 3.63) is 59.7 Å². The van der Waals surface area contributed by atoms with Gasteiger partial charge in [-0.3, -0.25) is 0 Å². The Morgan fingerprint density at radius 1 is 1.26 bits per heavy atom. The maximum absolute atomic E-state index is 10.8. The normalized spacial score (nSPS) is 11.0. The average molecular weight is 255 g/mol. The zero-order chi connectivity index (χ0) is 13.4. The van der Waals surface area contributed by atoms with E-state index in [4.69, 9.17) is 9.52 Å². The van der Waals surface area contributed by atoms with E-state index >= 15 is 0 Å². The Hall–Kier alpha value is -2.49. The third-order valence-electron chi connectivity index (χ3n) is 3.23.